The van der Waals surface area contributed by atoms with E-state index in [0.29, 0.717) is 31.3 Å². The number of hydrogen-bond donors (Lipinski definition) is 1. The van der Waals surface area contributed by atoms with E-state index in [1.165, 1.54) is 0 Å². The van der Waals surface area contributed by atoms with E-state index in [1.54, 1.807) is 6.08 Å². The van der Waals surface area contributed by atoms with Crippen molar-refractivity contribution in [3.63, 3.8) is 0 Å². The molecule has 0 saturated carbocycles. The molecule has 0 spiro atoms. The van der Waals surface area contributed by atoms with Crippen molar-refractivity contribution < 1.29 is 19.0 Å². The minimum Gasteiger partial charge on any atom is -0.488 e. The van der Waals surface area contributed by atoms with Crippen LogP contribution in [-0.2, 0) is 11.3 Å². The monoisotopic (exact) mass is 369 g/mol. The number of carbonyl (C=O) groups is 1. The van der Waals surface area contributed by atoms with Gasteiger partial charge < -0.3 is 19.5 Å². The number of alkyl carbamates (subject to hydrolysis) is 1. The third-order valence-corrected chi connectivity index (χ3v) is 3.47. The molecule has 0 saturated heterocycles. The van der Waals surface area contributed by atoms with E-state index in [4.69, 9.17) is 14.2 Å². The van der Waals surface area contributed by atoms with Crippen molar-refractivity contribution in [1.29, 1.82) is 0 Å². The van der Waals surface area contributed by atoms with E-state index in [2.05, 4.69) is 11.9 Å². The van der Waals surface area contributed by atoms with Crippen LogP contribution in [0.25, 0.3) is 6.08 Å². The predicted molar refractivity (Wildman–Crippen MR) is 107 cm³/mol. The molecule has 0 bridgehead atoms. The fourth-order valence-electron chi connectivity index (χ4n) is 2.25. The van der Waals surface area contributed by atoms with Gasteiger partial charge in [-0.15, -0.1) is 0 Å². The molecule has 0 atom stereocenters. The number of amides is 1. The van der Waals surface area contributed by atoms with Crippen molar-refractivity contribution >= 4 is 12.2 Å². The lowest BCUT2D eigenvalue weighted by atomic mass is 10.2. The van der Waals surface area contributed by atoms with E-state index < -0.39 is 11.7 Å². The summed E-state index contributed by atoms with van der Waals surface area (Å²) in [5.74, 6) is 1.25. The maximum Gasteiger partial charge on any atom is 0.407 e. The third kappa shape index (κ3) is 7.44. The normalized spacial score (nSPS) is 10.8. The van der Waals surface area contributed by atoms with Gasteiger partial charge in [0, 0.05) is 0 Å². The van der Waals surface area contributed by atoms with Gasteiger partial charge in [-0.3, -0.25) is 0 Å². The van der Waals surface area contributed by atoms with Gasteiger partial charge in [0.15, 0.2) is 11.5 Å². The Kier molecular flexibility index (Phi) is 7.29. The molecule has 2 rings (SSSR count). The molecule has 144 valence electrons. The van der Waals surface area contributed by atoms with E-state index in [0.717, 1.165) is 11.1 Å². The highest BCUT2D eigenvalue weighted by Gasteiger charge is 2.15. The maximum atomic E-state index is 11.7. The number of benzene rings is 2. The molecular formula is C22H27NO4. The van der Waals surface area contributed by atoms with Crippen LogP contribution in [0.15, 0.2) is 55.1 Å². The standard InChI is InChI=1S/C22H27NO4/c1-5-17-11-12-19(25-14-13-23-21(24)27-22(2,3)4)20(15-17)26-16-18-9-7-6-8-10-18/h5-12,15H,1,13-14,16H2,2-4H3,(H,23,24). The van der Waals surface area contributed by atoms with Crippen LogP contribution in [0.4, 0.5) is 4.79 Å². The highest BCUT2D eigenvalue weighted by Crippen LogP contribution is 2.29. The van der Waals surface area contributed by atoms with Crippen molar-refractivity contribution in [2.24, 2.45) is 0 Å². The van der Waals surface area contributed by atoms with E-state index in [-0.39, 0.29) is 0 Å². The van der Waals surface area contributed by atoms with Gasteiger partial charge in [-0.2, -0.15) is 0 Å². The summed E-state index contributed by atoms with van der Waals surface area (Å²) in [5, 5.41) is 2.67. The van der Waals surface area contributed by atoms with Gasteiger partial charge in [-0.1, -0.05) is 49.1 Å². The number of carbonyl (C=O) groups excluding carboxylic acids is 1. The zero-order chi connectivity index (χ0) is 19.7. The lowest BCUT2D eigenvalue weighted by Gasteiger charge is -2.19. The van der Waals surface area contributed by atoms with Gasteiger partial charge in [0.2, 0.25) is 0 Å². The summed E-state index contributed by atoms with van der Waals surface area (Å²) in [7, 11) is 0. The summed E-state index contributed by atoms with van der Waals surface area (Å²) in [6.45, 7) is 10.3. The lowest BCUT2D eigenvalue weighted by molar-refractivity contribution is 0.0520. The topological polar surface area (TPSA) is 56.8 Å². The maximum absolute atomic E-state index is 11.7. The number of nitrogens with one attached hydrogen (secondary N) is 1. The Hall–Kier alpha value is -2.95. The molecule has 5 heteroatoms. The molecule has 0 radical (unpaired) electrons. The summed E-state index contributed by atoms with van der Waals surface area (Å²) in [5.41, 5.74) is 1.49. The van der Waals surface area contributed by atoms with Crippen LogP contribution < -0.4 is 14.8 Å². The first-order valence-corrected chi connectivity index (χ1v) is 8.90. The Balaban J connectivity index is 1.91. The molecule has 0 aromatic heterocycles. The molecule has 0 heterocycles. The van der Waals surface area contributed by atoms with Gasteiger partial charge >= 0.3 is 6.09 Å². The molecule has 0 aliphatic carbocycles. The summed E-state index contributed by atoms with van der Waals surface area (Å²) in [6, 6.07) is 15.5. The first kappa shape index (κ1) is 20.4. The molecule has 2 aromatic carbocycles. The Bertz CT molecular complexity index is 751. The number of ether oxygens (including phenoxy) is 3. The van der Waals surface area contributed by atoms with E-state index in [9.17, 15) is 4.79 Å². The second-order valence-corrected chi connectivity index (χ2v) is 6.96. The van der Waals surface area contributed by atoms with Crippen molar-refractivity contribution in [2.75, 3.05) is 13.2 Å². The highest BCUT2D eigenvalue weighted by atomic mass is 16.6. The van der Waals surface area contributed by atoms with Crippen molar-refractivity contribution in [1.82, 2.24) is 5.32 Å². The van der Waals surface area contributed by atoms with Gasteiger partial charge in [0.05, 0.1) is 6.54 Å². The fraction of sp³-hybridized carbons (Fsp3) is 0.318. The van der Waals surface area contributed by atoms with E-state index >= 15 is 0 Å². The fourth-order valence-corrected chi connectivity index (χ4v) is 2.25. The zero-order valence-corrected chi connectivity index (χ0v) is 16.2. The smallest absolute Gasteiger partial charge is 0.407 e. The first-order chi connectivity index (χ1) is 12.9. The molecule has 1 amide bonds. The first-order valence-electron chi connectivity index (χ1n) is 8.90. The van der Waals surface area contributed by atoms with Gasteiger partial charge in [-0.25, -0.2) is 4.79 Å². The van der Waals surface area contributed by atoms with Gasteiger partial charge in [0.1, 0.15) is 18.8 Å². The molecule has 0 aliphatic rings. The van der Waals surface area contributed by atoms with Crippen LogP contribution >= 0.6 is 0 Å². The molecule has 0 unspecified atom stereocenters. The van der Waals surface area contributed by atoms with Gasteiger partial charge in [0.25, 0.3) is 0 Å². The minimum atomic E-state index is -0.524. The van der Waals surface area contributed by atoms with Crippen molar-refractivity contribution in [3.8, 4) is 11.5 Å². The molecule has 0 fully saturated rings. The van der Waals surface area contributed by atoms with Crippen molar-refractivity contribution in [3.05, 3.63) is 66.2 Å². The van der Waals surface area contributed by atoms with E-state index in [1.807, 2.05) is 69.3 Å². The van der Waals surface area contributed by atoms with Gasteiger partial charge in [-0.05, 0) is 44.0 Å². The minimum absolute atomic E-state index is 0.300. The van der Waals surface area contributed by atoms with Crippen LogP contribution in [0, 0.1) is 0 Å². The Labute approximate surface area is 161 Å². The van der Waals surface area contributed by atoms with Crippen LogP contribution in [0.1, 0.15) is 31.9 Å². The molecule has 0 aliphatic heterocycles. The summed E-state index contributed by atoms with van der Waals surface area (Å²) >= 11 is 0. The van der Waals surface area contributed by atoms with Crippen LogP contribution in [0.2, 0.25) is 0 Å². The molecular weight excluding hydrogens is 342 g/mol. The average molecular weight is 369 g/mol. The summed E-state index contributed by atoms with van der Waals surface area (Å²) < 4.78 is 16.9. The average Bonchev–Trinajstić information content (AvgIpc) is 2.63. The summed E-state index contributed by atoms with van der Waals surface area (Å²) in [4.78, 5) is 11.7. The number of hydrogen-bond acceptors (Lipinski definition) is 4. The molecule has 2 aromatic rings. The van der Waals surface area contributed by atoms with Crippen LogP contribution in [-0.4, -0.2) is 24.8 Å². The summed E-state index contributed by atoms with van der Waals surface area (Å²) in [6.07, 6.45) is 1.29. The molecule has 1 N–H and O–H groups in total. The molecule has 27 heavy (non-hydrogen) atoms. The Morgan fingerprint density at radius 2 is 1.81 bits per heavy atom. The Morgan fingerprint density at radius 3 is 2.48 bits per heavy atom. The van der Waals surface area contributed by atoms with Crippen LogP contribution in [0.3, 0.4) is 0 Å². The zero-order valence-electron chi connectivity index (χ0n) is 16.2. The second-order valence-electron chi connectivity index (χ2n) is 6.96. The SMILES string of the molecule is C=Cc1ccc(OCCNC(=O)OC(C)(C)C)c(OCc2ccccc2)c1. The largest absolute Gasteiger partial charge is 0.488 e. The predicted octanol–water partition coefficient (Wildman–Crippen LogP) is 4.81. The lowest BCUT2D eigenvalue weighted by Crippen LogP contribution is -2.34. The third-order valence-electron chi connectivity index (χ3n) is 3.47. The highest BCUT2D eigenvalue weighted by molar-refractivity contribution is 5.67. The number of rotatable bonds is 8. The second kappa shape index (κ2) is 9.67. The molecule has 5 nitrogen and oxygen atoms in total. The van der Waals surface area contributed by atoms with Crippen LogP contribution in [0.5, 0.6) is 11.5 Å². The quantitative estimate of drug-likeness (QED) is 0.678. The Morgan fingerprint density at radius 1 is 1.07 bits per heavy atom. The van der Waals surface area contributed by atoms with Crippen molar-refractivity contribution in [2.45, 2.75) is 33.0 Å².